The van der Waals surface area contributed by atoms with Crippen molar-refractivity contribution in [1.82, 2.24) is 15.2 Å². The van der Waals surface area contributed by atoms with Gasteiger partial charge in [-0.25, -0.2) is 0 Å². The van der Waals surface area contributed by atoms with E-state index in [1.54, 1.807) is 18.2 Å². The number of benzene rings is 1. The first-order valence-corrected chi connectivity index (χ1v) is 3.99. The largest absolute Gasteiger partial charge is 0.410 e. The number of carbonyl (C=O) groups is 1. The molecule has 0 bridgehead atoms. The first-order chi connectivity index (χ1) is 6.66. The topological polar surface area (TPSA) is 80.0 Å². The predicted molar refractivity (Wildman–Crippen MR) is 49.0 cm³/mol. The number of fused-ring (bicyclic) bond motifs is 1. The van der Waals surface area contributed by atoms with E-state index in [2.05, 4.69) is 15.6 Å². The fourth-order valence-corrected chi connectivity index (χ4v) is 1.19. The van der Waals surface area contributed by atoms with Gasteiger partial charge in [-0.1, -0.05) is 4.85 Å². The molecule has 0 atom stereocenters. The Labute approximate surface area is 79.1 Å². The number of rotatable bonds is 1. The van der Waals surface area contributed by atoms with Crippen LogP contribution in [0.4, 0.5) is 5.69 Å². The Bertz CT molecular complexity index is 491. The molecule has 0 saturated heterocycles. The molecule has 0 unspecified atom stereocenters. The lowest BCUT2D eigenvalue weighted by Crippen LogP contribution is -2.05. The number of carbonyl (C=O) groups excluding carboxylic acids is 1. The number of anilines is 1. The molecule has 0 spiro atoms. The molecule has 1 heterocycles. The van der Waals surface area contributed by atoms with Gasteiger partial charge >= 0.3 is 0 Å². The van der Waals surface area contributed by atoms with Crippen LogP contribution < -0.4 is 5.32 Å². The van der Waals surface area contributed by atoms with Gasteiger partial charge in [0.15, 0.2) is 0 Å². The summed E-state index contributed by atoms with van der Waals surface area (Å²) in [6.45, 7) is 1.42. The Kier molecular flexibility index (Phi) is 1.81. The van der Waals surface area contributed by atoms with Gasteiger partial charge in [-0.15, -0.1) is 5.10 Å². The van der Waals surface area contributed by atoms with Gasteiger partial charge in [0.2, 0.25) is 5.91 Å². The highest BCUT2D eigenvalue weighted by molar-refractivity contribution is 5.91. The summed E-state index contributed by atoms with van der Waals surface area (Å²) in [6, 6.07) is 4.93. The van der Waals surface area contributed by atoms with E-state index in [1.807, 2.05) is 0 Å². The molecule has 1 aromatic heterocycles. The summed E-state index contributed by atoms with van der Waals surface area (Å²) in [5, 5.41) is 18.9. The average molecular weight is 192 g/mol. The molecule has 1 amide bonds. The first-order valence-electron chi connectivity index (χ1n) is 3.99. The molecule has 6 nitrogen and oxygen atoms in total. The van der Waals surface area contributed by atoms with Gasteiger partial charge < -0.3 is 10.5 Å². The molecule has 2 aromatic rings. The van der Waals surface area contributed by atoms with E-state index >= 15 is 0 Å². The zero-order valence-corrected chi connectivity index (χ0v) is 7.43. The van der Waals surface area contributed by atoms with Crippen molar-refractivity contribution >= 4 is 22.6 Å². The number of hydrogen-bond donors (Lipinski definition) is 2. The second-order valence-corrected chi connectivity index (χ2v) is 2.86. The highest BCUT2D eigenvalue weighted by atomic mass is 16.5. The maximum Gasteiger partial charge on any atom is 0.221 e. The second kappa shape index (κ2) is 2.99. The van der Waals surface area contributed by atoms with E-state index in [1.165, 1.54) is 6.92 Å². The van der Waals surface area contributed by atoms with Crippen molar-refractivity contribution in [2.75, 3.05) is 5.32 Å². The second-order valence-electron chi connectivity index (χ2n) is 2.86. The van der Waals surface area contributed by atoms with Crippen molar-refractivity contribution in [3.05, 3.63) is 18.2 Å². The van der Waals surface area contributed by atoms with Gasteiger partial charge in [0.25, 0.3) is 0 Å². The molecule has 2 N–H and O–H groups in total. The molecule has 72 valence electrons. The lowest BCUT2D eigenvalue weighted by Gasteiger charge is -2.00. The fraction of sp³-hybridized carbons (Fsp3) is 0.125. The van der Waals surface area contributed by atoms with Gasteiger partial charge in [0.05, 0.1) is 0 Å². The van der Waals surface area contributed by atoms with Crippen LogP contribution in [0.25, 0.3) is 11.0 Å². The van der Waals surface area contributed by atoms with E-state index in [-0.39, 0.29) is 5.91 Å². The summed E-state index contributed by atoms with van der Waals surface area (Å²) in [5.74, 6) is -0.152. The molecule has 0 radical (unpaired) electrons. The van der Waals surface area contributed by atoms with Crippen LogP contribution in [-0.4, -0.2) is 26.3 Å². The molecule has 6 heteroatoms. The summed E-state index contributed by atoms with van der Waals surface area (Å²) >= 11 is 0. The Morgan fingerprint density at radius 2 is 2.36 bits per heavy atom. The maximum atomic E-state index is 10.8. The van der Waals surface area contributed by atoms with E-state index < -0.39 is 0 Å². The van der Waals surface area contributed by atoms with Gasteiger partial charge in [-0.2, -0.15) is 0 Å². The zero-order chi connectivity index (χ0) is 10.1. The zero-order valence-electron chi connectivity index (χ0n) is 7.43. The van der Waals surface area contributed by atoms with Gasteiger partial charge in [0, 0.05) is 12.6 Å². The average Bonchev–Trinajstić information content (AvgIpc) is 2.46. The van der Waals surface area contributed by atoms with Gasteiger partial charge in [0.1, 0.15) is 11.0 Å². The highest BCUT2D eigenvalue weighted by Gasteiger charge is 2.04. The molecule has 0 aliphatic carbocycles. The number of nitrogens with zero attached hydrogens (tertiary/aromatic N) is 3. The number of nitrogens with one attached hydrogen (secondary N) is 1. The van der Waals surface area contributed by atoms with Crippen molar-refractivity contribution in [1.29, 1.82) is 0 Å². The lowest BCUT2D eigenvalue weighted by atomic mass is 10.3. The minimum absolute atomic E-state index is 0.152. The van der Waals surface area contributed by atoms with E-state index in [0.717, 1.165) is 0 Å². The van der Waals surface area contributed by atoms with Crippen LogP contribution in [0.1, 0.15) is 6.92 Å². The van der Waals surface area contributed by atoms with Crippen molar-refractivity contribution in [3.63, 3.8) is 0 Å². The summed E-state index contributed by atoms with van der Waals surface area (Å²) in [6.07, 6.45) is 0. The summed E-state index contributed by atoms with van der Waals surface area (Å²) in [7, 11) is 0. The monoisotopic (exact) mass is 192 g/mol. The maximum absolute atomic E-state index is 10.8. The standard InChI is InChI=1S/C8H8N4O2/c1-5(13)9-6-2-3-8-7(4-6)10-11-12(8)14/h2-4,14H,1H3,(H,9,13). The molecule has 0 aliphatic rings. The van der Waals surface area contributed by atoms with Crippen LogP contribution >= 0.6 is 0 Å². The van der Waals surface area contributed by atoms with Crippen LogP contribution in [0, 0.1) is 0 Å². The SMILES string of the molecule is CC(=O)Nc1ccc2c(c1)nnn2O. The molecular formula is C8H8N4O2. The van der Waals surface area contributed by atoms with Gasteiger partial charge in [-0.3, -0.25) is 4.79 Å². The fourth-order valence-electron chi connectivity index (χ4n) is 1.19. The summed E-state index contributed by atoms with van der Waals surface area (Å²) < 4.78 is 0. The molecule has 14 heavy (non-hydrogen) atoms. The predicted octanol–water partition coefficient (Wildman–Crippen LogP) is 0.627. The van der Waals surface area contributed by atoms with Gasteiger partial charge in [-0.05, 0) is 23.4 Å². The summed E-state index contributed by atoms with van der Waals surface area (Å²) in [5.41, 5.74) is 1.66. The van der Waals surface area contributed by atoms with Crippen molar-refractivity contribution in [3.8, 4) is 0 Å². The first kappa shape index (κ1) is 8.49. The molecule has 1 aromatic carbocycles. The number of hydrogen-bond acceptors (Lipinski definition) is 4. The van der Waals surface area contributed by atoms with Crippen LogP contribution in [0.5, 0.6) is 0 Å². The molecule has 0 aliphatic heterocycles. The minimum atomic E-state index is -0.152. The molecule has 0 fully saturated rings. The van der Waals surface area contributed by atoms with Crippen molar-refractivity contribution in [2.24, 2.45) is 0 Å². The third-order valence-corrected chi connectivity index (χ3v) is 1.75. The normalized spacial score (nSPS) is 10.4. The third-order valence-electron chi connectivity index (χ3n) is 1.75. The van der Waals surface area contributed by atoms with E-state index in [4.69, 9.17) is 5.21 Å². The Morgan fingerprint density at radius 1 is 1.57 bits per heavy atom. The molecule has 2 rings (SSSR count). The van der Waals surface area contributed by atoms with E-state index in [0.29, 0.717) is 21.6 Å². The number of aromatic nitrogens is 3. The Hall–Kier alpha value is -2.11. The van der Waals surface area contributed by atoms with Crippen LogP contribution in [-0.2, 0) is 4.79 Å². The molecule has 0 saturated carbocycles. The highest BCUT2D eigenvalue weighted by Crippen LogP contribution is 2.15. The Balaban J connectivity index is 2.46. The smallest absolute Gasteiger partial charge is 0.221 e. The lowest BCUT2D eigenvalue weighted by molar-refractivity contribution is -0.114. The van der Waals surface area contributed by atoms with Crippen LogP contribution in [0.2, 0.25) is 0 Å². The third kappa shape index (κ3) is 1.37. The summed E-state index contributed by atoms with van der Waals surface area (Å²) in [4.78, 5) is 11.4. The van der Waals surface area contributed by atoms with Crippen LogP contribution in [0.3, 0.4) is 0 Å². The quantitative estimate of drug-likeness (QED) is 0.649. The Morgan fingerprint density at radius 3 is 3.07 bits per heavy atom. The number of amides is 1. The van der Waals surface area contributed by atoms with E-state index in [9.17, 15) is 4.79 Å². The van der Waals surface area contributed by atoms with Crippen LogP contribution in [0.15, 0.2) is 18.2 Å². The van der Waals surface area contributed by atoms with Crippen molar-refractivity contribution < 1.29 is 10.0 Å². The minimum Gasteiger partial charge on any atom is -0.410 e. The molecular weight excluding hydrogens is 184 g/mol. The van der Waals surface area contributed by atoms with Crippen molar-refractivity contribution in [2.45, 2.75) is 6.92 Å².